The molecular formula is C14H22ClN5O. The third kappa shape index (κ3) is 2.82. The smallest absolute Gasteiger partial charge is 0.278 e. The van der Waals surface area contributed by atoms with Gasteiger partial charge in [0, 0.05) is 12.7 Å². The van der Waals surface area contributed by atoms with Crippen LogP contribution in [0.1, 0.15) is 57.0 Å². The summed E-state index contributed by atoms with van der Waals surface area (Å²) in [7, 11) is 1.93. The molecule has 1 saturated carbocycles. The van der Waals surface area contributed by atoms with Crippen LogP contribution < -0.4 is 5.73 Å². The molecule has 2 heterocycles. The highest BCUT2D eigenvalue weighted by Crippen LogP contribution is 2.35. The summed E-state index contributed by atoms with van der Waals surface area (Å²) >= 11 is 0. The molecule has 0 unspecified atom stereocenters. The number of aromatic nitrogens is 4. The third-order valence-corrected chi connectivity index (χ3v) is 4.09. The maximum absolute atomic E-state index is 6.34. The van der Waals surface area contributed by atoms with Crippen molar-refractivity contribution in [2.24, 2.45) is 12.8 Å². The van der Waals surface area contributed by atoms with Gasteiger partial charge in [-0.2, -0.15) is 10.1 Å². The average molecular weight is 312 g/mol. The van der Waals surface area contributed by atoms with Crippen molar-refractivity contribution in [1.29, 1.82) is 0 Å². The van der Waals surface area contributed by atoms with E-state index in [1.54, 1.807) is 0 Å². The SMILES string of the molecule is CC(C)c1cc(-c2nc(C3(N)CCCC3)no2)nn1C.Cl. The Morgan fingerprint density at radius 3 is 2.57 bits per heavy atom. The molecule has 21 heavy (non-hydrogen) atoms. The van der Waals surface area contributed by atoms with Crippen LogP contribution in [-0.2, 0) is 12.6 Å². The van der Waals surface area contributed by atoms with Gasteiger partial charge in [0.2, 0.25) is 0 Å². The molecule has 2 aromatic rings. The monoisotopic (exact) mass is 311 g/mol. The van der Waals surface area contributed by atoms with E-state index in [1.807, 2.05) is 17.8 Å². The Balaban J connectivity index is 0.00000161. The molecule has 1 aliphatic rings. The summed E-state index contributed by atoms with van der Waals surface area (Å²) in [4.78, 5) is 4.47. The third-order valence-electron chi connectivity index (χ3n) is 4.09. The fraction of sp³-hybridized carbons (Fsp3) is 0.643. The lowest BCUT2D eigenvalue weighted by Crippen LogP contribution is -2.34. The Hall–Kier alpha value is -1.40. The molecule has 1 fully saturated rings. The van der Waals surface area contributed by atoms with E-state index in [-0.39, 0.29) is 12.4 Å². The van der Waals surface area contributed by atoms with E-state index in [0.29, 0.717) is 17.6 Å². The highest BCUT2D eigenvalue weighted by Gasteiger charge is 2.36. The summed E-state index contributed by atoms with van der Waals surface area (Å²) < 4.78 is 7.22. The molecule has 0 aliphatic heterocycles. The maximum Gasteiger partial charge on any atom is 0.278 e. The Morgan fingerprint density at radius 1 is 1.33 bits per heavy atom. The molecule has 7 heteroatoms. The largest absolute Gasteiger partial charge is 0.332 e. The predicted molar refractivity (Wildman–Crippen MR) is 82.2 cm³/mol. The highest BCUT2D eigenvalue weighted by atomic mass is 35.5. The van der Waals surface area contributed by atoms with Gasteiger partial charge in [-0.3, -0.25) is 4.68 Å². The van der Waals surface area contributed by atoms with Crippen LogP contribution in [0.5, 0.6) is 0 Å². The molecule has 116 valence electrons. The summed E-state index contributed by atoms with van der Waals surface area (Å²) in [5.41, 5.74) is 7.79. The van der Waals surface area contributed by atoms with Crippen molar-refractivity contribution >= 4 is 12.4 Å². The van der Waals surface area contributed by atoms with E-state index < -0.39 is 5.54 Å². The first kappa shape index (κ1) is 16.0. The molecule has 1 aliphatic carbocycles. The number of hydrogen-bond donors (Lipinski definition) is 1. The minimum atomic E-state index is -0.419. The molecule has 0 bridgehead atoms. The zero-order chi connectivity index (χ0) is 14.3. The van der Waals surface area contributed by atoms with Crippen molar-refractivity contribution in [3.63, 3.8) is 0 Å². The van der Waals surface area contributed by atoms with Crippen LogP contribution in [0.2, 0.25) is 0 Å². The summed E-state index contributed by atoms with van der Waals surface area (Å²) in [6.45, 7) is 4.26. The molecule has 0 spiro atoms. The lowest BCUT2D eigenvalue weighted by molar-refractivity contribution is 0.372. The maximum atomic E-state index is 6.34. The molecule has 0 atom stereocenters. The molecule has 0 amide bonds. The summed E-state index contributed by atoms with van der Waals surface area (Å²) in [5, 5.41) is 8.51. The molecule has 0 aromatic carbocycles. The van der Waals surface area contributed by atoms with Crippen LogP contribution in [0.15, 0.2) is 10.6 Å². The van der Waals surface area contributed by atoms with Gasteiger partial charge < -0.3 is 10.3 Å². The molecule has 0 radical (unpaired) electrons. The van der Waals surface area contributed by atoms with E-state index >= 15 is 0 Å². The fourth-order valence-corrected chi connectivity index (χ4v) is 2.89. The molecule has 2 N–H and O–H groups in total. The highest BCUT2D eigenvalue weighted by molar-refractivity contribution is 5.85. The zero-order valence-corrected chi connectivity index (χ0v) is 13.5. The Labute approximate surface area is 130 Å². The minimum absolute atomic E-state index is 0. The van der Waals surface area contributed by atoms with Gasteiger partial charge in [-0.05, 0) is 24.8 Å². The van der Waals surface area contributed by atoms with E-state index in [9.17, 15) is 0 Å². The topological polar surface area (TPSA) is 82.8 Å². The molecular weight excluding hydrogens is 290 g/mol. The van der Waals surface area contributed by atoms with Gasteiger partial charge in [0.25, 0.3) is 5.89 Å². The summed E-state index contributed by atoms with van der Waals surface area (Å²) in [6.07, 6.45) is 4.10. The van der Waals surface area contributed by atoms with Crippen molar-refractivity contribution < 1.29 is 4.52 Å². The summed E-state index contributed by atoms with van der Waals surface area (Å²) in [5.74, 6) is 1.47. The van der Waals surface area contributed by atoms with Crippen LogP contribution in [0.25, 0.3) is 11.6 Å². The molecule has 6 nitrogen and oxygen atoms in total. The number of hydrogen-bond acceptors (Lipinski definition) is 5. The van der Waals surface area contributed by atoms with Crippen LogP contribution in [-0.4, -0.2) is 19.9 Å². The molecule has 3 rings (SSSR count). The Kier molecular flexibility index (Phi) is 4.39. The second-order valence-electron chi connectivity index (χ2n) is 6.02. The number of halogens is 1. The van der Waals surface area contributed by atoms with Crippen molar-refractivity contribution in [3.05, 3.63) is 17.6 Å². The number of nitrogens with two attached hydrogens (primary N) is 1. The first-order valence-corrected chi connectivity index (χ1v) is 7.17. The average Bonchev–Trinajstić information content (AvgIpc) is 3.07. The van der Waals surface area contributed by atoms with Gasteiger partial charge in [-0.1, -0.05) is 31.8 Å². The predicted octanol–water partition coefficient (Wildman–Crippen LogP) is 2.74. The van der Waals surface area contributed by atoms with Gasteiger partial charge in [0.05, 0.1) is 5.54 Å². The van der Waals surface area contributed by atoms with E-state index in [0.717, 1.165) is 37.1 Å². The van der Waals surface area contributed by atoms with Gasteiger partial charge in [-0.25, -0.2) is 0 Å². The van der Waals surface area contributed by atoms with Crippen LogP contribution in [0.4, 0.5) is 0 Å². The fourth-order valence-electron chi connectivity index (χ4n) is 2.89. The quantitative estimate of drug-likeness (QED) is 0.942. The second-order valence-corrected chi connectivity index (χ2v) is 6.02. The Bertz CT molecular complexity index is 613. The zero-order valence-electron chi connectivity index (χ0n) is 12.7. The van der Waals surface area contributed by atoms with Gasteiger partial charge in [-0.15, -0.1) is 12.4 Å². The van der Waals surface area contributed by atoms with Crippen molar-refractivity contribution in [3.8, 4) is 11.6 Å². The van der Waals surface area contributed by atoms with Gasteiger partial charge in [0.1, 0.15) is 0 Å². The first-order chi connectivity index (χ1) is 9.49. The minimum Gasteiger partial charge on any atom is -0.332 e. The van der Waals surface area contributed by atoms with Crippen LogP contribution in [0, 0.1) is 0 Å². The number of nitrogens with zero attached hydrogens (tertiary/aromatic N) is 4. The van der Waals surface area contributed by atoms with Crippen LogP contribution in [0.3, 0.4) is 0 Å². The first-order valence-electron chi connectivity index (χ1n) is 7.17. The van der Waals surface area contributed by atoms with E-state index in [2.05, 4.69) is 29.1 Å². The van der Waals surface area contributed by atoms with Gasteiger partial charge >= 0.3 is 0 Å². The standard InChI is InChI=1S/C14H21N5O.ClH/c1-9(2)11-8-10(17-19(11)3)12-16-13(18-20-12)14(15)6-4-5-7-14;/h8-9H,4-7,15H2,1-3H3;1H. The van der Waals surface area contributed by atoms with Crippen molar-refractivity contribution in [2.45, 2.75) is 51.0 Å². The van der Waals surface area contributed by atoms with Crippen molar-refractivity contribution in [2.75, 3.05) is 0 Å². The van der Waals surface area contributed by atoms with Crippen molar-refractivity contribution in [1.82, 2.24) is 19.9 Å². The summed E-state index contributed by atoms with van der Waals surface area (Å²) in [6, 6.07) is 2.00. The molecule has 2 aromatic heterocycles. The van der Waals surface area contributed by atoms with Crippen LogP contribution >= 0.6 is 12.4 Å². The van der Waals surface area contributed by atoms with E-state index in [1.165, 1.54) is 0 Å². The lowest BCUT2D eigenvalue weighted by Gasteiger charge is -2.17. The molecule has 0 saturated heterocycles. The number of rotatable bonds is 3. The second kappa shape index (κ2) is 5.77. The normalized spacial score (nSPS) is 17.2. The number of aryl methyl sites for hydroxylation is 1. The lowest BCUT2D eigenvalue weighted by atomic mass is 9.99. The van der Waals surface area contributed by atoms with Gasteiger partial charge in [0.15, 0.2) is 11.5 Å². The Morgan fingerprint density at radius 2 is 2.00 bits per heavy atom. The van der Waals surface area contributed by atoms with E-state index in [4.69, 9.17) is 10.3 Å².